The van der Waals surface area contributed by atoms with Crippen LogP contribution in [0, 0.1) is 0 Å². The first-order valence-electron chi connectivity index (χ1n) is 9.01. The first kappa shape index (κ1) is 18.6. The lowest BCUT2D eigenvalue weighted by atomic mass is 10.1. The molecule has 29 heavy (non-hydrogen) atoms. The van der Waals surface area contributed by atoms with Gasteiger partial charge in [0.2, 0.25) is 6.79 Å². The van der Waals surface area contributed by atoms with E-state index < -0.39 is 11.8 Å². The predicted molar refractivity (Wildman–Crippen MR) is 103 cm³/mol. The van der Waals surface area contributed by atoms with Gasteiger partial charge in [-0.25, -0.2) is 5.43 Å². The van der Waals surface area contributed by atoms with Crippen molar-refractivity contribution in [2.24, 2.45) is 5.10 Å². The topological polar surface area (TPSA) is 107 Å². The van der Waals surface area contributed by atoms with Gasteiger partial charge in [-0.05, 0) is 43.3 Å². The standard InChI is InChI=1S/C20H19N3O6/c1-12(13-2-4-15-17(8-13)27-7-6-26-15)22-23-19(24)10-21-20(25)14-3-5-16-18(9-14)29-11-28-16/h2-5,8-9H,6-7,10-11H2,1H3,(H,21,25)(H,23,24)/b22-12-. The summed E-state index contributed by atoms with van der Waals surface area (Å²) in [5, 5.41) is 6.62. The maximum Gasteiger partial charge on any atom is 0.259 e. The summed E-state index contributed by atoms with van der Waals surface area (Å²) < 4.78 is 21.5. The van der Waals surface area contributed by atoms with Crippen LogP contribution in [-0.2, 0) is 4.79 Å². The number of carbonyl (C=O) groups excluding carboxylic acids is 2. The van der Waals surface area contributed by atoms with E-state index in [0.29, 0.717) is 47.5 Å². The Morgan fingerprint density at radius 3 is 2.34 bits per heavy atom. The highest BCUT2D eigenvalue weighted by Crippen LogP contribution is 2.32. The number of ether oxygens (including phenoxy) is 4. The molecule has 0 unspecified atom stereocenters. The molecule has 2 aliphatic rings. The number of hydrazone groups is 1. The van der Waals surface area contributed by atoms with E-state index in [4.69, 9.17) is 18.9 Å². The molecule has 150 valence electrons. The first-order chi connectivity index (χ1) is 14.1. The van der Waals surface area contributed by atoms with E-state index in [2.05, 4.69) is 15.8 Å². The monoisotopic (exact) mass is 397 g/mol. The Kier molecular flexibility index (Phi) is 5.19. The molecule has 4 rings (SSSR count). The van der Waals surface area contributed by atoms with Crippen LogP contribution in [0.15, 0.2) is 41.5 Å². The molecule has 0 spiro atoms. The van der Waals surface area contributed by atoms with E-state index in [-0.39, 0.29) is 13.3 Å². The first-order valence-corrected chi connectivity index (χ1v) is 9.01. The summed E-state index contributed by atoms with van der Waals surface area (Å²) in [6.07, 6.45) is 0. The lowest BCUT2D eigenvalue weighted by Crippen LogP contribution is -2.35. The van der Waals surface area contributed by atoms with Gasteiger partial charge >= 0.3 is 0 Å². The van der Waals surface area contributed by atoms with Gasteiger partial charge in [-0.2, -0.15) is 5.10 Å². The van der Waals surface area contributed by atoms with Gasteiger partial charge in [0.05, 0.1) is 12.3 Å². The zero-order chi connectivity index (χ0) is 20.2. The van der Waals surface area contributed by atoms with Gasteiger partial charge in [0.25, 0.3) is 11.8 Å². The van der Waals surface area contributed by atoms with Crippen molar-refractivity contribution in [3.05, 3.63) is 47.5 Å². The highest BCUT2D eigenvalue weighted by Gasteiger charge is 2.17. The lowest BCUT2D eigenvalue weighted by molar-refractivity contribution is -0.120. The van der Waals surface area contributed by atoms with Gasteiger partial charge in [-0.15, -0.1) is 0 Å². The maximum atomic E-state index is 12.2. The number of rotatable bonds is 5. The molecular formula is C20H19N3O6. The van der Waals surface area contributed by atoms with Gasteiger partial charge < -0.3 is 24.3 Å². The highest BCUT2D eigenvalue weighted by molar-refractivity contribution is 6.00. The van der Waals surface area contributed by atoms with E-state index in [1.807, 2.05) is 6.07 Å². The predicted octanol–water partition coefficient (Wildman–Crippen LogP) is 1.46. The van der Waals surface area contributed by atoms with Crippen LogP contribution in [-0.4, -0.2) is 44.1 Å². The van der Waals surface area contributed by atoms with E-state index in [9.17, 15) is 9.59 Å². The van der Waals surface area contributed by atoms with E-state index in [1.54, 1.807) is 37.3 Å². The van der Waals surface area contributed by atoms with Crippen LogP contribution < -0.4 is 29.7 Å². The number of amides is 2. The Morgan fingerprint density at radius 1 is 0.897 bits per heavy atom. The smallest absolute Gasteiger partial charge is 0.259 e. The molecule has 2 aromatic carbocycles. The second-order valence-corrected chi connectivity index (χ2v) is 6.34. The second kappa shape index (κ2) is 8.09. The third-order valence-corrected chi connectivity index (χ3v) is 4.35. The fourth-order valence-corrected chi connectivity index (χ4v) is 2.82. The van der Waals surface area contributed by atoms with Crippen LogP contribution in [0.4, 0.5) is 0 Å². The average Bonchev–Trinajstić information content (AvgIpc) is 3.23. The zero-order valence-corrected chi connectivity index (χ0v) is 15.7. The Balaban J connectivity index is 1.31. The summed E-state index contributed by atoms with van der Waals surface area (Å²) in [4.78, 5) is 24.2. The maximum absolute atomic E-state index is 12.2. The number of nitrogens with zero attached hydrogens (tertiary/aromatic N) is 1. The van der Waals surface area contributed by atoms with Crippen molar-refractivity contribution >= 4 is 17.5 Å². The molecule has 0 saturated carbocycles. The van der Waals surface area contributed by atoms with Crippen LogP contribution in [0.25, 0.3) is 0 Å². The average molecular weight is 397 g/mol. The van der Waals surface area contributed by atoms with Crippen molar-refractivity contribution in [1.82, 2.24) is 10.7 Å². The largest absolute Gasteiger partial charge is 0.486 e. The fraction of sp³-hybridized carbons (Fsp3) is 0.250. The molecule has 2 aliphatic heterocycles. The van der Waals surface area contributed by atoms with Crippen LogP contribution in [0.3, 0.4) is 0 Å². The minimum Gasteiger partial charge on any atom is -0.486 e. The summed E-state index contributed by atoms with van der Waals surface area (Å²) in [6, 6.07) is 10.3. The SMILES string of the molecule is C/C(=N/NC(=O)CNC(=O)c1ccc2c(c1)OCO2)c1ccc2c(c1)OCCO2. The summed E-state index contributed by atoms with van der Waals surface area (Å²) >= 11 is 0. The summed E-state index contributed by atoms with van der Waals surface area (Å²) in [6.45, 7) is 2.69. The summed E-state index contributed by atoms with van der Waals surface area (Å²) in [7, 11) is 0. The third-order valence-electron chi connectivity index (χ3n) is 4.35. The van der Waals surface area contributed by atoms with Gasteiger partial charge in [0.1, 0.15) is 13.2 Å². The van der Waals surface area contributed by atoms with Crippen molar-refractivity contribution in [2.75, 3.05) is 26.6 Å². The Bertz CT molecular complexity index is 988. The Labute approximate surface area is 166 Å². The molecule has 0 fully saturated rings. The molecule has 2 aromatic rings. The molecule has 0 aromatic heterocycles. The minimum absolute atomic E-state index is 0.129. The molecule has 9 heteroatoms. The zero-order valence-electron chi connectivity index (χ0n) is 15.7. The quantitative estimate of drug-likeness (QED) is 0.584. The molecule has 2 heterocycles. The van der Waals surface area contributed by atoms with Crippen molar-refractivity contribution < 1.29 is 28.5 Å². The van der Waals surface area contributed by atoms with Gasteiger partial charge in [0, 0.05) is 11.1 Å². The van der Waals surface area contributed by atoms with Crippen LogP contribution in [0.1, 0.15) is 22.8 Å². The molecule has 2 amide bonds. The molecule has 9 nitrogen and oxygen atoms in total. The van der Waals surface area contributed by atoms with Crippen molar-refractivity contribution in [1.29, 1.82) is 0 Å². The van der Waals surface area contributed by atoms with Crippen molar-refractivity contribution in [2.45, 2.75) is 6.92 Å². The van der Waals surface area contributed by atoms with Gasteiger partial charge in [-0.3, -0.25) is 9.59 Å². The number of nitrogens with one attached hydrogen (secondary N) is 2. The van der Waals surface area contributed by atoms with E-state index >= 15 is 0 Å². The summed E-state index contributed by atoms with van der Waals surface area (Å²) in [5.74, 6) is 1.57. The molecule has 0 saturated heterocycles. The van der Waals surface area contributed by atoms with Gasteiger partial charge in [-0.1, -0.05) is 0 Å². The molecular weight excluding hydrogens is 378 g/mol. The number of carbonyl (C=O) groups is 2. The Morgan fingerprint density at radius 2 is 1.52 bits per heavy atom. The van der Waals surface area contributed by atoms with Crippen LogP contribution in [0.2, 0.25) is 0 Å². The van der Waals surface area contributed by atoms with Crippen molar-refractivity contribution in [3.63, 3.8) is 0 Å². The number of hydrogen-bond acceptors (Lipinski definition) is 7. The van der Waals surface area contributed by atoms with Crippen LogP contribution >= 0.6 is 0 Å². The lowest BCUT2D eigenvalue weighted by Gasteiger charge is -2.18. The molecule has 0 radical (unpaired) electrons. The van der Waals surface area contributed by atoms with Crippen molar-refractivity contribution in [3.8, 4) is 23.0 Å². The van der Waals surface area contributed by atoms with Gasteiger partial charge in [0.15, 0.2) is 23.0 Å². The van der Waals surface area contributed by atoms with Crippen LogP contribution in [0.5, 0.6) is 23.0 Å². The molecule has 2 N–H and O–H groups in total. The normalized spacial score (nSPS) is 14.3. The molecule has 0 bridgehead atoms. The summed E-state index contributed by atoms with van der Waals surface area (Å²) in [5.41, 5.74) is 4.19. The Hall–Kier alpha value is -3.75. The third kappa shape index (κ3) is 4.23. The number of benzene rings is 2. The molecule has 0 atom stereocenters. The fourth-order valence-electron chi connectivity index (χ4n) is 2.82. The van der Waals surface area contributed by atoms with E-state index in [1.165, 1.54) is 0 Å². The number of fused-ring (bicyclic) bond motifs is 2. The number of hydrogen-bond donors (Lipinski definition) is 2. The highest BCUT2D eigenvalue weighted by atomic mass is 16.7. The van der Waals surface area contributed by atoms with E-state index in [0.717, 1.165) is 5.56 Å². The molecule has 0 aliphatic carbocycles. The minimum atomic E-state index is -0.448. The second-order valence-electron chi connectivity index (χ2n) is 6.34.